The van der Waals surface area contributed by atoms with Gasteiger partial charge in [-0.25, -0.2) is 4.98 Å². The Labute approximate surface area is 157 Å². The minimum Gasteiger partial charge on any atom is -0.487 e. The molecule has 1 aromatic carbocycles. The first-order chi connectivity index (χ1) is 12.6. The minimum absolute atomic E-state index is 0.110. The first-order valence-corrected chi connectivity index (χ1v) is 9.69. The molecule has 7 heteroatoms. The van der Waals surface area contributed by atoms with E-state index in [2.05, 4.69) is 10.3 Å². The summed E-state index contributed by atoms with van der Waals surface area (Å²) < 4.78 is 5.71. The van der Waals surface area contributed by atoms with Crippen molar-refractivity contribution in [3.63, 3.8) is 0 Å². The molecular formula is C19H23N3O3S. The highest BCUT2D eigenvalue weighted by Gasteiger charge is 2.17. The number of amides is 2. The van der Waals surface area contributed by atoms with Crippen LogP contribution in [-0.2, 0) is 11.4 Å². The molecule has 0 unspecified atom stereocenters. The summed E-state index contributed by atoms with van der Waals surface area (Å²) in [7, 11) is 0. The quantitative estimate of drug-likeness (QED) is 0.810. The normalized spacial score (nSPS) is 13.7. The van der Waals surface area contributed by atoms with E-state index in [0.717, 1.165) is 36.6 Å². The van der Waals surface area contributed by atoms with Gasteiger partial charge in [0.2, 0.25) is 5.91 Å². The van der Waals surface area contributed by atoms with Gasteiger partial charge >= 0.3 is 0 Å². The molecule has 0 radical (unpaired) electrons. The van der Waals surface area contributed by atoms with Crippen molar-refractivity contribution in [2.45, 2.75) is 32.8 Å². The third-order valence-corrected chi connectivity index (χ3v) is 5.06. The third kappa shape index (κ3) is 5.05. The second kappa shape index (κ2) is 8.80. The number of nitrogens with zero attached hydrogens (tertiary/aromatic N) is 2. The number of thiazole rings is 1. The van der Waals surface area contributed by atoms with E-state index < -0.39 is 0 Å². The van der Waals surface area contributed by atoms with Crippen molar-refractivity contribution in [3.8, 4) is 5.75 Å². The lowest BCUT2D eigenvalue weighted by molar-refractivity contribution is -0.129. The van der Waals surface area contributed by atoms with Gasteiger partial charge in [0, 0.05) is 37.0 Å². The number of aromatic nitrogens is 1. The topological polar surface area (TPSA) is 71.5 Å². The van der Waals surface area contributed by atoms with Crippen molar-refractivity contribution in [2.24, 2.45) is 0 Å². The zero-order chi connectivity index (χ0) is 18.4. The largest absolute Gasteiger partial charge is 0.487 e. The van der Waals surface area contributed by atoms with Crippen LogP contribution in [-0.4, -0.2) is 41.3 Å². The lowest BCUT2D eigenvalue weighted by Crippen LogP contribution is -2.32. The van der Waals surface area contributed by atoms with Crippen molar-refractivity contribution in [1.29, 1.82) is 0 Å². The highest BCUT2D eigenvalue weighted by atomic mass is 32.1. The van der Waals surface area contributed by atoms with Gasteiger partial charge in [0.15, 0.2) is 0 Å². The molecule has 2 amide bonds. The second-order valence-electron chi connectivity index (χ2n) is 6.27. The molecule has 1 saturated heterocycles. The molecule has 3 rings (SSSR count). The van der Waals surface area contributed by atoms with Crippen molar-refractivity contribution in [3.05, 3.63) is 45.9 Å². The number of rotatable bonds is 7. The average Bonchev–Trinajstić information content (AvgIpc) is 3.32. The molecule has 26 heavy (non-hydrogen) atoms. The Morgan fingerprint density at radius 2 is 2.12 bits per heavy atom. The van der Waals surface area contributed by atoms with E-state index in [1.54, 1.807) is 29.5 Å². The molecule has 2 aromatic rings. The van der Waals surface area contributed by atoms with Crippen LogP contribution in [0.5, 0.6) is 5.75 Å². The Kier molecular flexibility index (Phi) is 6.22. The van der Waals surface area contributed by atoms with Gasteiger partial charge in [0.05, 0.1) is 10.7 Å². The zero-order valence-electron chi connectivity index (χ0n) is 14.9. The molecule has 0 spiro atoms. The summed E-state index contributed by atoms with van der Waals surface area (Å²) in [4.78, 5) is 30.5. The van der Waals surface area contributed by atoms with Crippen molar-refractivity contribution < 1.29 is 14.3 Å². The molecule has 0 saturated carbocycles. The monoisotopic (exact) mass is 373 g/mol. The maximum atomic E-state index is 12.3. The summed E-state index contributed by atoms with van der Waals surface area (Å²) in [6.45, 7) is 4.35. The van der Waals surface area contributed by atoms with Crippen LogP contribution in [0.2, 0.25) is 0 Å². The smallest absolute Gasteiger partial charge is 0.251 e. The van der Waals surface area contributed by atoms with Crippen LogP contribution in [0.1, 0.15) is 40.3 Å². The Morgan fingerprint density at radius 1 is 1.31 bits per heavy atom. The summed E-state index contributed by atoms with van der Waals surface area (Å²) in [6, 6.07) is 7.03. The third-order valence-electron chi connectivity index (χ3n) is 4.23. The Bertz CT molecular complexity index is 769. The maximum absolute atomic E-state index is 12.3. The van der Waals surface area contributed by atoms with Crippen LogP contribution in [0.15, 0.2) is 29.6 Å². The molecule has 0 aliphatic carbocycles. The first-order valence-electron chi connectivity index (χ1n) is 8.81. The van der Waals surface area contributed by atoms with E-state index in [-0.39, 0.29) is 11.8 Å². The molecule has 1 aromatic heterocycles. The number of ether oxygens (including phenoxy) is 1. The van der Waals surface area contributed by atoms with E-state index in [9.17, 15) is 9.59 Å². The Balaban J connectivity index is 1.47. The molecule has 1 aliphatic rings. The van der Waals surface area contributed by atoms with Gasteiger partial charge in [-0.15, -0.1) is 11.3 Å². The van der Waals surface area contributed by atoms with Gasteiger partial charge in [0.25, 0.3) is 5.91 Å². The fraction of sp³-hybridized carbons (Fsp3) is 0.421. The molecule has 138 valence electrons. The van der Waals surface area contributed by atoms with E-state index in [4.69, 9.17) is 4.74 Å². The van der Waals surface area contributed by atoms with Gasteiger partial charge in [0.1, 0.15) is 12.4 Å². The summed E-state index contributed by atoms with van der Waals surface area (Å²) in [5.74, 6) is 0.532. The van der Waals surface area contributed by atoms with Gasteiger partial charge in [-0.3, -0.25) is 9.59 Å². The van der Waals surface area contributed by atoms with Gasteiger partial charge in [-0.1, -0.05) is 6.07 Å². The molecule has 6 nitrogen and oxygen atoms in total. The van der Waals surface area contributed by atoms with Crippen molar-refractivity contribution in [1.82, 2.24) is 15.2 Å². The molecular weight excluding hydrogens is 350 g/mol. The summed E-state index contributed by atoms with van der Waals surface area (Å²) in [5.41, 5.74) is 1.40. The van der Waals surface area contributed by atoms with Crippen LogP contribution in [0, 0.1) is 6.92 Å². The number of carbonyl (C=O) groups excluding carboxylic acids is 2. The van der Waals surface area contributed by atoms with Crippen molar-refractivity contribution >= 4 is 23.2 Å². The van der Waals surface area contributed by atoms with E-state index >= 15 is 0 Å². The molecule has 0 bridgehead atoms. The molecule has 0 atom stereocenters. The molecule has 2 heterocycles. The number of benzene rings is 1. The number of likely N-dealkylation sites (tertiary alicyclic amines) is 1. The average molecular weight is 373 g/mol. The zero-order valence-corrected chi connectivity index (χ0v) is 15.7. The maximum Gasteiger partial charge on any atom is 0.251 e. The summed E-state index contributed by atoms with van der Waals surface area (Å²) >= 11 is 1.58. The Hall–Kier alpha value is -2.41. The predicted molar refractivity (Wildman–Crippen MR) is 100 cm³/mol. The summed E-state index contributed by atoms with van der Waals surface area (Å²) in [5, 5.41) is 5.77. The lowest BCUT2D eigenvalue weighted by Gasteiger charge is -2.15. The SMILES string of the molecule is Cc1nc(COc2cccc(C(=O)NCCC(=O)N3CCCC3)c2)cs1. The van der Waals surface area contributed by atoms with Gasteiger partial charge in [-0.05, 0) is 38.0 Å². The van der Waals surface area contributed by atoms with Crippen LogP contribution in [0.25, 0.3) is 0 Å². The number of carbonyl (C=O) groups is 2. The minimum atomic E-state index is -0.200. The van der Waals surface area contributed by atoms with Crippen LogP contribution >= 0.6 is 11.3 Å². The van der Waals surface area contributed by atoms with E-state index in [1.165, 1.54) is 0 Å². The van der Waals surface area contributed by atoms with E-state index in [0.29, 0.717) is 30.9 Å². The fourth-order valence-corrected chi connectivity index (χ4v) is 3.47. The predicted octanol–water partition coefficient (Wildman–Crippen LogP) is 2.77. The highest BCUT2D eigenvalue weighted by Crippen LogP contribution is 2.16. The van der Waals surface area contributed by atoms with Gasteiger partial charge in [-0.2, -0.15) is 0 Å². The highest BCUT2D eigenvalue weighted by molar-refractivity contribution is 7.09. The standard InChI is InChI=1S/C19H23N3O3S/c1-14-21-16(13-26-14)12-25-17-6-4-5-15(11-17)19(24)20-8-7-18(23)22-9-2-3-10-22/h4-6,11,13H,2-3,7-10,12H2,1H3,(H,20,24). The van der Waals surface area contributed by atoms with E-state index in [1.807, 2.05) is 23.3 Å². The number of nitrogens with one attached hydrogen (secondary N) is 1. The molecule has 1 aliphatic heterocycles. The number of hydrogen-bond donors (Lipinski definition) is 1. The van der Waals surface area contributed by atoms with Crippen molar-refractivity contribution in [2.75, 3.05) is 19.6 Å². The number of hydrogen-bond acceptors (Lipinski definition) is 5. The van der Waals surface area contributed by atoms with Gasteiger partial charge < -0.3 is 15.0 Å². The van der Waals surface area contributed by atoms with Crippen LogP contribution < -0.4 is 10.1 Å². The summed E-state index contributed by atoms with van der Waals surface area (Å²) in [6.07, 6.45) is 2.49. The Morgan fingerprint density at radius 3 is 2.85 bits per heavy atom. The first kappa shape index (κ1) is 18.4. The lowest BCUT2D eigenvalue weighted by atomic mass is 10.2. The van der Waals surface area contributed by atoms with Crippen LogP contribution in [0.4, 0.5) is 0 Å². The molecule has 1 fully saturated rings. The second-order valence-corrected chi connectivity index (χ2v) is 7.33. The van der Waals surface area contributed by atoms with Crippen LogP contribution in [0.3, 0.4) is 0 Å². The fourth-order valence-electron chi connectivity index (χ4n) is 2.87. The number of aryl methyl sites for hydroxylation is 1. The molecule has 1 N–H and O–H groups in total.